The standard InChI is InChI=1S/C13H16N4O2/c1-8-4-5-11(6-9(8)2)12-14-15-16-17(12)7-10(3)13(18)19/h4-6,10H,7H2,1-3H3,(H,18,19). The van der Waals surface area contributed by atoms with E-state index in [2.05, 4.69) is 15.5 Å². The minimum absolute atomic E-state index is 0.255. The topological polar surface area (TPSA) is 80.9 Å². The summed E-state index contributed by atoms with van der Waals surface area (Å²) in [6.45, 7) is 5.94. The molecule has 1 aromatic carbocycles. The Bertz CT molecular complexity index is 606. The molecule has 100 valence electrons. The summed E-state index contributed by atoms with van der Waals surface area (Å²) in [4.78, 5) is 10.9. The molecule has 1 atom stereocenters. The number of hydrogen-bond acceptors (Lipinski definition) is 4. The van der Waals surface area contributed by atoms with Crippen molar-refractivity contribution in [1.82, 2.24) is 20.2 Å². The molecule has 0 aliphatic rings. The van der Waals surface area contributed by atoms with E-state index < -0.39 is 11.9 Å². The highest BCUT2D eigenvalue weighted by molar-refractivity contribution is 5.69. The maximum Gasteiger partial charge on any atom is 0.308 e. The van der Waals surface area contributed by atoms with Crippen molar-refractivity contribution in [2.45, 2.75) is 27.3 Å². The van der Waals surface area contributed by atoms with E-state index >= 15 is 0 Å². The summed E-state index contributed by atoms with van der Waals surface area (Å²) < 4.78 is 1.53. The van der Waals surface area contributed by atoms with Gasteiger partial charge in [0.05, 0.1) is 12.5 Å². The molecule has 0 bridgehead atoms. The summed E-state index contributed by atoms with van der Waals surface area (Å²) in [6.07, 6.45) is 0. The SMILES string of the molecule is Cc1ccc(-c2nnnn2CC(C)C(=O)O)cc1C. The number of carbonyl (C=O) groups is 1. The van der Waals surface area contributed by atoms with Crippen LogP contribution in [0.4, 0.5) is 0 Å². The lowest BCUT2D eigenvalue weighted by atomic mass is 10.1. The maximum atomic E-state index is 10.9. The molecule has 0 aliphatic carbocycles. The van der Waals surface area contributed by atoms with Gasteiger partial charge in [0, 0.05) is 5.56 Å². The van der Waals surface area contributed by atoms with E-state index in [1.165, 1.54) is 10.2 Å². The lowest BCUT2D eigenvalue weighted by Crippen LogP contribution is -2.18. The first kappa shape index (κ1) is 13.2. The van der Waals surface area contributed by atoms with Gasteiger partial charge in [-0.3, -0.25) is 4.79 Å². The normalized spacial score (nSPS) is 12.4. The van der Waals surface area contributed by atoms with Crippen LogP contribution in [0, 0.1) is 19.8 Å². The third-order valence-electron chi connectivity index (χ3n) is 3.17. The Kier molecular flexibility index (Phi) is 3.59. The quantitative estimate of drug-likeness (QED) is 0.904. The summed E-state index contributed by atoms with van der Waals surface area (Å²) in [5, 5.41) is 20.4. The number of hydrogen-bond donors (Lipinski definition) is 1. The van der Waals surface area contributed by atoms with Gasteiger partial charge in [0.25, 0.3) is 0 Å². The lowest BCUT2D eigenvalue weighted by molar-refractivity contribution is -0.141. The number of aliphatic carboxylic acids is 1. The van der Waals surface area contributed by atoms with Crippen LogP contribution in [0.25, 0.3) is 11.4 Å². The number of carboxylic acids is 1. The van der Waals surface area contributed by atoms with Gasteiger partial charge in [-0.1, -0.05) is 19.1 Å². The number of aromatic nitrogens is 4. The second kappa shape index (κ2) is 5.17. The van der Waals surface area contributed by atoms with Crippen molar-refractivity contribution in [3.8, 4) is 11.4 Å². The van der Waals surface area contributed by atoms with Crippen LogP contribution in [0.3, 0.4) is 0 Å². The summed E-state index contributed by atoms with van der Waals surface area (Å²) in [7, 11) is 0. The van der Waals surface area contributed by atoms with Crippen LogP contribution in [0.1, 0.15) is 18.1 Å². The van der Waals surface area contributed by atoms with Crippen molar-refractivity contribution in [3.05, 3.63) is 29.3 Å². The zero-order chi connectivity index (χ0) is 14.0. The molecule has 6 heteroatoms. The Labute approximate surface area is 111 Å². The van der Waals surface area contributed by atoms with Crippen LogP contribution in [-0.4, -0.2) is 31.3 Å². The summed E-state index contributed by atoms with van der Waals surface area (Å²) >= 11 is 0. The summed E-state index contributed by atoms with van der Waals surface area (Å²) in [5.74, 6) is -0.800. The van der Waals surface area contributed by atoms with Gasteiger partial charge in [0.2, 0.25) is 0 Å². The Hall–Kier alpha value is -2.24. The smallest absolute Gasteiger partial charge is 0.308 e. The molecule has 1 aromatic heterocycles. The van der Waals surface area contributed by atoms with Crippen LogP contribution in [0.2, 0.25) is 0 Å². The third-order valence-corrected chi connectivity index (χ3v) is 3.17. The molecule has 1 heterocycles. The third kappa shape index (κ3) is 2.78. The van der Waals surface area contributed by atoms with E-state index in [0.29, 0.717) is 5.82 Å². The van der Waals surface area contributed by atoms with Crippen LogP contribution < -0.4 is 0 Å². The second-order valence-electron chi connectivity index (χ2n) is 4.72. The lowest BCUT2D eigenvalue weighted by Gasteiger charge is -2.09. The minimum atomic E-state index is -0.860. The van der Waals surface area contributed by atoms with Gasteiger partial charge in [-0.15, -0.1) is 5.10 Å². The molecule has 1 unspecified atom stereocenters. The van der Waals surface area contributed by atoms with Crippen molar-refractivity contribution >= 4 is 5.97 Å². The van der Waals surface area contributed by atoms with Gasteiger partial charge in [0.15, 0.2) is 5.82 Å². The molecular weight excluding hydrogens is 244 g/mol. The average Bonchev–Trinajstić information content (AvgIpc) is 2.80. The van der Waals surface area contributed by atoms with Crippen molar-refractivity contribution in [2.75, 3.05) is 0 Å². The summed E-state index contributed by atoms with van der Waals surface area (Å²) in [5.41, 5.74) is 3.24. The van der Waals surface area contributed by atoms with Gasteiger partial charge < -0.3 is 5.11 Å². The Morgan fingerprint density at radius 2 is 2.11 bits per heavy atom. The predicted octanol–water partition coefficient (Wildman–Crippen LogP) is 1.68. The predicted molar refractivity (Wildman–Crippen MR) is 69.5 cm³/mol. The Balaban J connectivity index is 2.33. The van der Waals surface area contributed by atoms with Gasteiger partial charge in [-0.2, -0.15) is 0 Å². The highest BCUT2D eigenvalue weighted by Gasteiger charge is 2.16. The molecule has 0 radical (unpaired) electrons. The number of tetrazole rings is 1. The first-order valence-corrected chi connectivity index (χ1v) is 6.05. The fourth-order valence-electron chi connectivity index (χ4n) is 1.75. The number of benzene rings is 1. The molecule has 0 aliphatic heterocycles. The molecular formula is C13H16N4O2. The van der Waals surface area contributed by atoms with Gasteiger partial charge in [-0.25, -0.2) is 4.68 Å². The summed E-state index contributed by atoms with van der Waals surface area (Å²) in [6, 6.07) is 5.95. The van der Waals surface area contributed by atoms with E-state index in [-0.39, 0.29) is 6.54 Å². The van der Waals surface area contributed by atoms with Crippen molar-refractivity contribution in [1.29, 1.82) is 0 Å². The van der Waals surface area contributed by atoms with Crippen LogP contribution >= 0.6 is 0 Å². The van der Waals surface area contributed by atoms with Crippen molar-refractivity contribution in [3.63, 3.8) is 0 Å². The monoisotopic (exact) mass is 260 g/mol. The highest BCUT2D eigenvalue weighted by Crippen LogP contribution is 2.20. The largest absolute Gasteiger partial charge is 0.481 e. The molecule has 1 N–H and O–H groups in total. The highest BCUT2D eigenvalue weighted by atomic mass is 16.4. The molecule has 2 rings (SSSR count). The van der Waals surface area contributed by atoms with E-state index in [9.17, 15) is 4.79 Å². The first-order chi connectivity index (χ1) is 8.99. The zero-order valence-electron chi connectivity index (χ0n) is 11.2. The Morgan fingerprint density at radius 1 is 1.37 bits per heavy atom. The molecule has 0 saturated carbocycles. The zero-order valence-corrected chi connectivity index (χ0v) is 11.2. The number of carboxylic acid groups (broad SMARTS) is 1. The van der Waals surface area contributed by atoms with Crippen molar-refractivity contribution < 1.29 is 9.90 Å². The average molecular weight is 260 g/mol. The fourth-order valence-corrected chi connectivity index (χ4v) is 1.75. The van der Waals surface area contributed by atoms with Gasteiger partial charge in [-0.05, 0) is 41.5 Å². The van der Waals surface area contributed by atoms with E-state index in [4.69, 9.17) is 5.11 Å². The van der Waals surface area contributed by atoms with Crippen molar-refractivity contribution in [2.24, 2.45) is 5.92 Å². The number of rotatable bonds is 4. The molecule has 0 fully saturated rings. The van der Waals surface area contributed by atoms with Crippen LogP contribution in [-0.2, 0) is 11.3 Å². The maximum absolute atomic E-state index is 10.9. The Morgan fingerprint density at radius 3 is 2.74 bits per heavy atom. The van der Waals surface area contributed by atoms with Crippen LogP contribution in [0.5, 0.6) is 0 Å². The molecule has 2 aromatic rings. The molecule has 0 saturated heterocycles. The molecule has 0 amide bonds. The van der Waals surface area contributed by atoms with E-state index in [1.54, 1.807) is 6.92 Å². The van der Waals surface area contributed by atoms with Gasteiger partial charge >= 0.3 is 5.97 Å². The molecule has 0 spiro atoms. The fraction of sp³-hybridized carbons (Fsp3) is 0.385. The number of aryl methyl sites for hydroxylation is 2. The second-order valence-corrected chi connectivity index (χ2v) is 4.72. The number of nitrogens with zero attached hydrogens (tertiary/aromatic N) is 4. The van der Waals surface area contributed by atoms with Crippen LogP contribution in [0.15, 0.2) is 18.2 Å². The van der Waals surface area contributed by atoms with E-state index in [0.717, 1.165) is 11.1 Å². The van der Waals surface area contributed by atoms with Gasteiger partial charge in [0.1, 0.15) is 0 Å². The first-order valence-electron chi connectivity index (χ1n) is 6.05. The molecule has 19 heavy (non-hydrogen) atoms. The minimum Gasteiger partial charge on any atom is -0.481 e. The molecule has 6 nitrogen and oxygen atoms in total. The van der Waals surface area contributed by atoms with E-state index in [1.807, 2.05) is 32.0 Å².